The van der Waals surface area contributed by atoms with Crippen LogP contribution in [0.2, 0.25) is 0 Å². The summed E-state index contributed by atoms with van der Waals surface area (Å²) in [5, 5.41) is 10.1. The summed E-state index contributed by atoms with van der Waals surface area (Å²) in [7, 11) is 0. The summed E-state index contributed by atoms with van der Waals surface area (Å²) in [5.41, 5.74) is 1.42. The number of carbonyl (C=O) groups excluding carboxylic acids is 1. The molecule has 3 rings (SSSR count). The van der Waals surface area contributed by atoms with Gasteiger partial charge in [0.2, 0.25) is 0 Å². The molecule has 0 spiro atoms. The molecule has 1 aromatic carbocycles. The van der Waals surface area contributed by atoms with Gasteiger partial charge in [0.25, 0.3) is 0 Å². The van der Waals surface area contributed by atoms with Crippen LogP contribution in [0.25, 0.3) is 5.69 Å². The summed E-state index contributed by atoms with van der Waals surface area (Å²) in [4.78, 5) is 14.7. The largest absolute Gasteiger partial charge is 0.379 e. The lowest BCUT2D eigenvalue weighted by molar-refractivity contribution is -0.00863. The highest BCUT2D eigenvalue weighted by Gasteiger charge is 2.28. The molecule has 1 fully saturated rings. The second-order valence-corrected chi connectivity index (χ2v) is 6.69. The Labute approximate surface area is 148 Å². The Balaban J connectivity index is 1.60. The number of ether oxygens (including phenoxy) is 1. The molecule has 0 saturated carbocycles. The predicted molar refractivity (Wildman–Crippen MR) is 97.1 cm³/mol. The number of rotatable bonds is 5. The minimum Gasteiger partial charge on any atom is -0.379 e. The van der Waals surface area contributed by atoms with Crippen molar-refractivity contribution < 1.29 is 9.53 Å². The Hall–Kier alpha value is -2.38. The van der Waals surface area contributed by atoms with Crippen molar-refractivity contribution in [2.45, 2.75) is 19.4 Å². The molecule has 1 aromatic heterocycles. The van der Waals surface area contributed by atoms with E-state index in [2.05, 4.69) is 34.5 Å². The van der Waals surface area contributed by atoms with Crippen LogP contribution in [0, 0.1) is 0 Å². The quantitative estimate of drug-likeness (QED) is 0.872. The minimum absolute atomic E-state index is 0.122. The molecule has 7 nitrogen and oxygen atoms in total. The number of anilines is 1. The van der Waals surface area contributed by atoms with Gasteiger partial charge in [-0.15, -0.1) is 0 Å². The van der Waals surface area contributed by atoms with E-state index in [1.807, 2.05) is 36.5 Å². The fraction of sp³-hybridized carbons (Fsp3) is 0.444. The second-order valence-electron chi connectivity index (χ2n) is 6.69. The number of hydrogen-bond acceptors (Lipinski definition) is 4. The molecule has 0 unspecified atom stereocenters. The number of carbonyl (C=O) groups is 1. The number of para-hydroxylation sites is 2. The zero-order valence-electron chi connectivity index (χ0n) is 14.7. The Bertz CT molecular complexity index is 693. The number of benzene rings is 1. The first-order valence-corrected chi connectivity index (χ1v) is 8.53. The van der Waals surface area contributed by atoms with Crippen molar-refractivity contribution in [2.24, 2.45) is 0 Å². The average Bonchev–Trinajstić information content (AvgIpc) is 3.16. The lowest BCUT2D eigenvalue weighted by Crippen LogP contribution is -2.55. The topological polar surface area (TPSA) is 71.4 Å². The predicted octanol–water partition coefficient (Wildman–Crippen LogP) is 2.10. The lowest BCUT2D eigenvalue weighted by atomic mass is 10.0. The van der Waals surface area contributed by atoms with Crippen molar-refractivity contribution in [1.82, 2.24) is 20.0 Å². The SMILES string of the molecule is CC(C)(CNC(=O)Nc1ccccc1-n1cccn1)N1CCOCC1. The van der Waals surface area contributed by atoms with Crippen LogP contribution >= 0.6 is 0 Å². The van der Waals surface area contributed by atoms with E-state index >= 15 is 0 Å². The van der Waals surface area contributed by atoms with Crippen LogP contribution in [0.1, 0.15) is 13.8 Å². The number of hydrogen-bond donors (Lipinski definition) is 2. The molecule has 1 aliphatic heterocycles. The Morgan fingerprint density at radius 2 is 2.00 bits per heavy atom. The number of urea groups is 1. The third-order valence-electron chi connectivity index (χ3n) is 4.45. The van der Waals surface area contributed by atoms with E-state index in [0.717, 1.165) is 32.0 Å². The molecule has 0 bridgehead atoms. The van der Waals surface area contributed by atoms with Gasteiger partial charge in [0.1, 0.15) is 0 Å². The molecule has 0 aliphatic carbocycles. The summed E-state index contributed by atoms with van der Waals surface area (Å²) in [6.07, 6.45) is 3.56. The van der Waals surface area contributed by atoms with Crippen LogP contribution in [0.3, 0.4) is 0 Å². The first kappa shape index (κ1) is 17.4. The van der Waals surface area contributed by atoms with E-state index in [-0.39, 0.29) is 11.6 Å². The summed E-state index contributed by atoms with van der Waals surface area (Å²) < 4.78 is 7.13. The molecular formula is C18H25N5O2. The second kappa shape index (κ2) is 7.67. The zero-order valence-corrected chi connectivity index (χ0v) is 14.7. The first-order valence-electron chi connectivity index (χ1n) is 8.53. The Kier molecular flexibility index (Phi) is 5.35. The number of aromatic nitrogens is 2. The molecule has 0 radical (unpaired) electrons. The molecule has 1 aliphatic rings. The van der Waals surface area contributed by atoms with Crippen LogP contribution in [-0.2, 0) is 4.74 Å². The highest BCUT2D eigenvalue weighted by Crippen LogP contribution is 2.19. The number of nitrogens with one attached hydrogen (secondary N) is 2. The van der Waals surface area contributed by atoms with Gasteiger partial charge in [0.05, 0.1) is 24.6 Å². The summed E-state index contributed by atoms with van der Waals surface area (Å²) in [6.45, 7) is 8.09. The van der Waals surface area contributed by atoms with E-state index in [0.29, 0.717) is 12.2 Å². The van der Waals surface area contributed by atoms with E-state index in [9.17, 15) is 4.79 Å². The van der Waals surface area contributed by atoms with Crippen LogP contribution in [0.4, 0.5) is 10.5 Å². The standard InChI is InChI=1S/C18H25N5O2/c1-18(2,22-10-12-25-13-11-22)14-19-17(24)21-15-6-3-4-7-16(15)23-9-5-8-20-23/h3-9H,10-14H2,1-2H3,(H2,19,21,24). The van der Waals surface area contributed by atoms with E-state index < -0.39 is 0 Å². The third-order valence-corrected chi connectivity index (χ3v) is 4.45. The molecule has 2 amide bonds. The Morgan fingerprint density at radius 3 is 2.72 bits per heavy atom. The van der Waals surface area contributed by atoms with Crippen molar-refractivity contribution >= 4 is 11.7 Å². The van der Waals surface area contributed by atoms with Gasteiger partial charge in [0.15, 0.2) is 0 Å². The molecule has 2 N–H and O–H groups in total. The molecular weight excluding hydrogens is 318 g/mol. The Morgan fingerprint density at radius 1 is 1.24 bits per heavy atom. The van der Waals surface area contributed by atoms with Crippen molar-refractivity contribution in [1.29, 1.82) is 0 Å². The number of nitrogens with zero attached hydrogens (tertiary/aromatic N) is 3. The maximum Gasteiger partial charge on any atom is 0.319 e. The van der Waals surface area contributed by atoms with Crippen molar-refractivity contribution in [3.05, 3.63) is 42.7 Å². The highest BCUT2D eigenvalue weighted by molar-refractivity contribution is 5.91. The zero-order chi connectivity index (χ0) is 17.7. The van der Waals surface area contributed by atoms with Gasteiger partial charge >= 0.3 is 6.03 Å². The molecule has 7 heteroatoms. The number of morpholine rings is 1. The van der Waals surface area contributed by atoms with Crippen LogP contribution in [0.15, 0.2) is 42.7 Å². The van der Waals surface area contributed by atoms with Crippen LogP contribution in [0.5, 0.6) is 0 Å². The fourth-order valence-corrected chi connectivity index (χ4v) is 2.93. The molecule has 134 valence electrons. The molecule has 25 heavy (non-hydrogen) atoms. The van der Waals surface area contributed by atoms with Gasteiger partial charge in [-0.2, -0.15) is 5.10 Å². The molecule has 1 saturated heterocycles. The lowest BCUT2D eigenvalue weighted by Gasteiger charge is -2.40. The van der Waals surface area contributed by atoms with Crippen LogP contribution in [-0.4, -0.2) is 59.1 Å². The van der Waals surface area contributed by atoms with E-state index in [1.165, 1.54) is 0 Å². The fourth-order valence-electron chi connectivity index (χ4n) is 2.93. The van der Waals surface area contributed by atoms with Gasteiger partial charge < -0.3 is 15.4 Å². The normalized spacial score (nSPS) is 15.8. The minimum atomic E-state index is -0.221. The van der Waals surface area contributed by atoms with Crippen molar-refractivity contribution in [2.75, 3.05) is 38.2 Å². The van der Waals surface area contributed by atoms with E-state index in [4.69, 9.17) is 4.74 Å². The average molecular weight is 343 g/mol. The van der Waals surface area contributed by atoms with E-state index in [1.54, 1.807) is 10.9 Å². The molecule has 2 aromatic rings. The molecule has 2 heterocycles. The maximum atomic E-state index is 12.4. The van der Waals surface area contributed by atoms with Gasteiger partial charge in [-0.3, -0.25) is 4.90 Å². The smallest absolute Gasteiger partial charge is 0.319 e. The van der Waals surface area contributed by atoms with Gasteiger partial charge in [-0.25, -0.2) is 9.48 Å². The van der Waals surface area contributed by atoms with Gasteiger partial charge in [-0.05, 0) is 32.0 Å². The maximum absolute atomic E-state index is 12.4. The van der Waals surface area contributed by atoms with Gasteiger partial charge in [-0.1, -0.05) is 12.1 Å². The highest BCUT2D eigenvalue weighted by atomic mass is 16.5. The summed E-state index contributed by atoms with van der Waals surface area (Å²) in [6, 6.07) is 9.22. The summed E-state index contributed by atoms with van der Waals surface area (Å²) in [5.74, 6) is 0. The monoisotopic (exact) mass is 343 g/mol. The van der Waals surface area contributed by atoms with Crippen molar-refractivity contribution in [3.63, 3.8) is 0 Å². The molecule has 0 atom stereocenters. The van der Waals surface area contributed by atoms with Crippen LogP contribution < -0.4 is 10.6 Å². The first-order chi connectivity index (χ1) is 12.1. The van der Waals surface area contributed by atoms with Gasteiger partial charge in [0, 0.05) is 37.6 Å². The number of amides is 2. The van der Waals surface area contributed by atoms with Crippen molar-refractivity contribution in [3.8, 4) is 5.69 Å². The third kappa shape index (κ3) is 4.37. The summed E-state index contributed by atoms with van der Waals surface area (Å²) >= 11 is 0.